The molecule has 1 heterocycles. The number of carbonyl (C=O) groups is 2. The summed E-state index contributed by atoms with van der Waals surface area (Å²) in [6.07, 6.45) is 1.40. The Balaban J connectivity index is 2.57. The van der Waals surface area contributed by atoms with Gasteiger partial charge in [0.15, 0.2) is 0 Å². The first-order valence-electron chi connectivity index (χ1n) is 5.70. The number of nitrogens with one attached hydrogen (secondary N) is 1. The number of hydrogen-bond acceptors (Lipinski definition) is 5. The van der Waals surface area contributed by atoms with Crippen LogP contribution >= 0.6 is 0 Å². The highest BCUT2D eigenvalue weighted by molar-refractivity contribution is 5.87. The van der Waals surface area contributed by atoms with E-state index in [0.29, 0.717) is 18.8 Å². The summed E-state index contributed by atoms with van der Waals surface area (Å²) in [6, 6.07) is 3.07. The lowest BCUT2D eigenvalue weighted by molar-refractivity contribution is -0.119. The number of ether oxygens (including phenoxy) is 1. The van der Waals surface area contributed by atoms with Crippen molar-refractivity contribution in [2.24, 2.45) is 0 Å². The molecule has 19 heavy (non-hydrogen) atoms. The molecule has 0 unspecified atom stereocenters. The highest BCUT2D eigenvalue weighted by Gasteiger charge is 2.10. The highest BCUT2D eigenvalue weighted by Crippen LogP contribution is 2.12. The summed E-state index contributed by atoms with van der Waals surface area (Å²) in [4.78, 5) is 27.7. The van der Waals surface area contributed by atoms with E-state index in [2.05, 4.69) is 10.3 Å². The quantitative estimate of drug-likeness (QED) is 0.674. The lowest BCUT2D eigenvalue weighted by Gasteiger charge is -2.18. The lowest BCUT2D eigenvalue weighted by atomic mass is 10.3. The second-order valence-corrected chi connectivity index (χ2v) is 3.90. The SMILES string of the molecule is COCCNC(=O)CN(C)c1ccnc(C(=O)O)c1. The molecule has 1 amide bonds. The number of hydrogen-bond donors (Lipinski definition) is 2. The summed E-state index contributed by atoms with van der Waals surface area (Å²) in [6.45, 7) is 1.03. The molecule has 0 saturated heterocycles. The van der Waals surface area contributed by atoms with E-state index in [9.17, 15) is 9.59 Å². The van der Waals surface area contributed by atoms with E-state index in [1.54, 1.807) is 25.1 Å². The van der Waals surface area contributed by atoms with Gasteiger partial charge in [-0.3, -0.25) is 4.79 Å². The van der Waals surface area contributed by atoms with E-state index < -0.39 is 5.97 Å². The van der Waals surface area contributed by atoms with Crippen LogP contribution in [0.2, 0.25) is 0 Å². The minimum absolute atomic E-state index is 0.0517. The summed E-state index contributed by atoms with van der Waals surface area (Å²) in [5.74, 6) is -1.26. The fourth-order valence-electron chi connectivity index (χ4n) is 1.43. The van der Waals surface area contributed by atoms with Crippen molar-refractivity contribution < 1.29 is 19.4 Å². The first-order valence-corrected chi connectivity index (χ1v) is 5.70. The Labute approximate surface area is 111 Å². The van der Waals surface area contributed by atoms with Crippen LogP contribution in [0, 0.1) is 0 Å². The van der Waals surface area contributed by atoms with Gasteiger partial charge >= 0.3 is 5.97 Å². The normalized spacial score (nSPS) is 10.0. The zero-order valence-electron chi connectivity index (χ0n) is 10.9. The number of aromatic carboxylic acids is 1. The Hall–Kier alpha value is -2.15. The summed E-state index contributed by atoms with van der Waals surface area (Å²) in [7, 11) is 3.26. The molecule has 0 saturated carbocycles. The van der Waals surface area contributed by atoms with Gasteiger partial charge in [-0.1, -0.05) is 0 Å². The third-order valence-electron chi connectivity index (χ3n) is 2.41. The average molecular weight is 267 g/mol. The van der Waals surface area contributed by atoms with Crippen LogP contribution in [0.25, 0.3) is 0 Å². The van der Waals surface area contributed by atoms with Crippen molar-refractivity contribution in [1.29, 1.82) is 0 Å². The second-order valence-electron chi connectivity index (χ2n) is 3.90. The van der Waals surface area contributed by atoms with E-state index in [0.717, 1.165) is 0 Å². The van der Waals surface area contributed by atoms with Crippen molar-refractivity contribution in [1.82, 2.24) is 10.3 Å². The predicted molar refractivity (Wildman–Crippen MR) is 69.4 cm³/mol. The van der Waals surface area contributed by atoms with Crippen LogP contribution in [0.1, 0.15) is 10.5 Å². The second kappa shape index (κ2) is 7.32. The Kier molecular flexibility index (Phi) is 5.74. The van der Waals surface area contributed by atoms with E-state index in [-0.39, 0.29) is 18.1 Å². The van der Waals surface area contributed by atoms with Crippen molar-refractivity contribution in [2.45, 2.75) is 0 Å². The van der Waals surface area contributed by atoms with Gasteiger partial charge in [0.1, 0.15) is 5.69 Å². The van der Waals surface area contributed by atoms with Gasteiger partial charge in [0.05, 0.1) is 13.2 Å². The largest absolute Gasteiger partial charge is 0.477 e. The molecule has 0 spiro atoms. The molecule has 0 bridgehead atoms. The van der Waals surface area contributed by atoms with Gasteiger partial charge in [-0.2, -0.15) is 0 Å². The maximum Gasteiger partial charge on any atom is 0.354 e. The van der Waals surface area contributed by atoms with Crippen molar-refractivity contribution in [3.8, 4) is 0 Å². The van der Waals surface area contributed by atoms with E-state index >= 15 is 0 Å². The predicted octanol–water partition coefficient (Wildman–Crippen LogP) is -0.0214. The smallest absolute Gasteiger partial charge is 0.354 e. The topological polar surface area (TPSA) is 91.8 Å². The monoisotopic (exact) mass is 267 g/mol. The van der Waals surface area contributed by atoms with Gasteiger partial charge in [0.2, 0.25) is 5.91 Å². The molecule has 0 aliphatic rings. The lowest BCUT2D eigenvalue weighted by Crippen LogP contribution is -2.36. The summed E-state index contributed by atoms with van der Waals surface area (Å²) in [5.41, 5.74) is 0.568. The van der Waals surface area contributed by atoms with Crippen molar-refractivity contribution in [2.75, 3.05) is 38.8 Å². The molecule has 104 valence electrons. The Morgan fingerprint density at radius 2 is 2.26 bits per heavy atom. The molecule has 7 nitrogen and oxygen atoms in total. The number of carboxylic acid groups (broad SMARTS) is 1. The molecule has 0 atom stereocenters. The van der Waals surface area contributed by atoms with Crippen molar-refractivity contribution >= 4 is 17.6 Å². The maximum absolute atomic E-state index is 11.6. The number of carbonyl (C=O) groups excluding carboxylic acids is 1. The van der Waals surface area contributed by atoms with Crippen LogP contribution in [-0.2, 0) is 9.53 Å². The zero-order chi connectivity index (χ0) is 14.3. The summed E-state index contributed by atoms with van der Waals surface area (Å²) in [5, 5.41) is 11.5. The van der Waals surface area contributed by atoms with Crippen molar-refractivity contribution in [3.63, 3.8) is 0 Å². The molecular formula is C12H17N3O4. The molecule has 2 N–H and O–H groups in total. The molecule has 1 aromatic rings. The van der Waals surface area contributed by atoms with Gasteiger partial charge in [0.25, 0.3) is 0 Å². The fraction of sp³-hybridized carbons (Fsp3) is 0.417. The molecule has 7 heteroatoms. The number of amides is 1. The Morgan fingerprint density at radius 1 is 1.53 bits per heavy atom. The summed E-state index contributed by atoms with van der Waals surface area (Å²) < 4.78 is 4.82. The number of pyridine rings is 1. The number of methoxy groups -OCH3 is 1. The fourth-order valence-corrected chi connectivity index (χ4v) is 1.43. The van der Waals surface area contributed by atoms with E-state index in [4.69, 9.17) is 9.84 Å². The van der Waals surface area contributed by atoms with Crippen LogP contribution in [0.3, 0.4) is 0 Å². The maximum atomic E-state index is 11.6. The van der Waals surface area contributed by atoms with Gasteiger partial charge in [-0.05, 0) is 12.1 Å². The standard InChI is InChI=1S/C12H17N3O4/c1-15(8-11(16)14-5-6-19-2)9-3-4-13-10(7-9)12(17)18/h3-4,7H,5-6,8H2,1-2H3,(H,14,16)(H,17,18). The van der Waals surface area contributed by atoms with Gasteiger partial charge in [-0.15, -0.1) is 0 Å². The summed E-state index contributed by atoms with van der Waals surface area (Å²) >= 11 is 0. The molecule has 0 aliphatic heterocycles. The molecule has 0 radical (unpaired) electrons. The Bertz CT molecular complexity index is 450. The third kappa shape index (κ3) is 4.92. The molecule has 0 fully saturated rings. The number of rotatable bonds is 7. The van der Waals surface area contributed by atoms with Crippen molar-refractivity contribution in [3.05, 3.63) is 24.0 Å². The number of likely N-dealkylation sites (N-methyl/N-ethyl adjacent to an activating group) is 1. The number of carboxylic acids is 1. The first-order chi connectivity index (χ1) is 9.04. The molecule has 0 aromatic carbocycles. The first kappa shape index (κ1) is 14.9. The number of aromatic nitrogens is 1. The third-order valence-corrected chi connectivity index (χ3v) is 2.41. The highest BCUT2D eigenvalue weighted by atomic mass is 16.5. The van der Waals surface area contributed by atoms with Crippen LogP contribution in [0.4, 0.5) is 5.69 Å². The average Bonchev–Trinajstić information content (AvgIpc) is 2.39. The number of nitrogens with zero attached hydrogens (tertiary/aromatic N) is 2. The molecule has 0 aliphatic carbocycles. The molecule has 1 rings (SSSR count). The van der Waals surface area contributed by atoms with Crippen LogP contribution < -0.4 is 10.2 Å². The minimum atomic E-state index is -1.10. The minimum Gasteiger partial charge on any atom is -0.477 e. The van der Waals surface area contributed by atoms with Crippen LogP contribution in [0.15, 0.2) is 18.3 Å². The van der Waals surface area contributed by atoms with E-state index in [1.807, 2.05) is 0 Å². The van der Waals surface area contributed by atoms with Gasteiger partial charge in [0, 0.05) is 32.6 Å². The van der Waals surface area contributed by atoms with Gasteiger partial charge < -0.3 is 20.1 Å². The Morgan fingerprint density at radius 3 is 2.89 bits per heavy atom. The van der Waals surface area contributed by atoms with Crippen LogP contribution in [-0.4, -0.2) is 55.8 Å². The number of anilines is 1. The van der Waals surface area contributed by atoms with E-state index in [1.165, 1.54) is 12.3 Å². The van der Waals surface area contributed by atoms with Crippen LogP contribution in [0.5, 0.6) is 0 Å². The van der Waals surface area contributed by atoms with Gasteiger partial charge in [-0.25, -0.2) is 9.78 Å². The molecule has 1 aromatic heterocycles. The zero-order valence-corrected chi connectivity index (χ0v) is 10.9. The molecular weight excluding hydrogens is 250 g/mol.